The van der Waals surface area contributed by atoms with Gasteiger partial charge in [0.15, 0.2) is 8.32 Å². The van der Waals surface area contributed by atoms with Gasteiger partial charge in [-0.25, -0.2) is 0 Å². The molecular weight excluding hydrogens is 646 g/mol. The highest BCUT2D eigenvalue weighted by atomic mass is 28.4. The lowest BCUT2D eigenvalue weighted by Crippen LogP contribution is -2.27. The quantitative estimate of drug-likeness (QED) is 0.0808. The minimum Gasteiger partial charge on any atom is -0.491 e. The van der Waals surface area contributed by atoms with Crippen LogP contribution >= 0.6 is 0 Å². The Morgan fingerprint density at radius 3 is 1.00 bits per heavy atom. The molecule has 14 nitrogen and oxygen atoms in total. The van der Waals surface area contributed by atoms with Gasteiger partial charge in [0, 0.05) is 12.6 Å². The van der Waals surface area contributed by atoms with Crippen molar-refractivity contribution in [3.63, 3.8) is 0 Å². The Balaban J connectivity index is 1.66. The van der Waals surface area contributed by atoms with Crippen LogP contribution in [-0.2, 0) is 56.6 Å². The summed E-state index contributed by atoms with van der Waals surface area (Å²) in [7, 11) is -1.46. The van der Waals surface area contributed by atoms with E-state index in [9.17, 15) is 4.79 Å². The molecule has 0 saturated heterocycles. The molecule has 0 radical (unpaired) electrons. The van der Waals surface area contributed by atoms with Gasteiger partial charge < -0.3 is 61.8 Å². The number of benzene rings is 1. The fraction of sp³-hybridized carbons (Fsp3) is 0.788. The lowest BCUT2D eigenvalue weighted by Gasteiger charge is -2.16. The number of nitrogens with one attached hydrogen (secondary N) is 1. The molecule has 0 unspecified atom stereocenters. The minimum atomic E-state index is -1.46. The average molecular weight is 708 g/mol. The fourth-order valence-electron chi connectivity index (χ4n) is 3.54. The van der Waals surface area contributed by atoms with Crippen LogP contribution in [-0.4, -0.2) is 160 Å². The molecule has 0 saturated carbocycles. The average Bonchev–Trinajstić information content (AvgIpc) is 3.05. The molecule has 0 aliphatic heterocycles. The van der Waals surface area contributed by atoms with E-state index in [4.69, 9.17) is 56.5 Å². The van der Waals surface area contributed by atoms with Crippen LogP contribution in [0.5, 0.6) is 5.75 Å². The third kappa shape index (κ3) is 32.8. The van der Waals surface area contributed by atoms with E-state index in [0.29, 0.717) is 145 Å². The van der Waals surface area contributed by atoms with Gasteiger partial charge in [0.2, 0.25) is 5.91 Å². The molecule has 1 amide bonds. The van der Waals surface area contributed by atoms with E-state index in [2.05, 4.69) is 25.0 Å². The molecule has 0 aromatic heterocycles. The van der Waals surface area contributed by atoms with Gasteiger partial charge in [0.25, 0.3) is 0 Å². The number of anilines is 1. The third-order valence-electron chi connectivity index (χ3n) is 5.78. The van der Waals surface area contributed by atoms with E-state index < -0.39 is 8.32 Å². The van der Waals surface area contributed by atoms with E-state index in [0.717, 1.165) is 11.4 Å². The smallest absolute Gasteiger partial charge is 0.221 e. The summed E-state index contributed by atoms with van der Waals surface area (Å²) in [5.41, 5.74) is 0.732. The van der Waals surface area contributed by atoms with Crippen LogP contribution in [0.15, 0.2) is 24.3 Å². The van der Waals surface area contributed by atoms with Crippen molar-refractivity contribution in [1.82, 2.24) is 0 Å². The van der Waals surface area contributed by atoms with Crippen LogP contribution in [0.4, 0.5) is 5.69 Å². The molecule has 0 aliphatic rings. The van der Waals surface area contributed by atoms with E-state index in [1.165, 1.54) is 6.92 Å². The van der Waals surface area contributed by atoms with E-state index in [1.54, 1.807) is 24.3 Å². The normalized spacial score (nSPS) is 11.7. The van der Waals surface area contributed by atoms with Crippen molar-refractivity contribution in [3.05, 3.63) is 24.3 Å². The molecule has 15 heteroatoms. The zero-order chi connectivity index (χ0) is 34.8. The zero-order valence-electron chi connectivity index (χ0n) is 29.7. The number of carbonyl (C=O) groups excluding carboxylic acids is 1. The first kappa shape index (κ1) is 44.3. The van der Waals surface area contributed by atoms with Crippen LogP contribution in [0.1, 0.15) is 6.92 Å². The third-order valence-corrected chi connectivity index (χ3v) is 6.85. The summed E-state index contributed by atoms with van der Waals surface area (Å²) in [6.45, 7) is 19.2. The number of ether oxygens (including phenoxy) is 11. The van der Waals surface area contributed by atoms with Gasteiger partial charge in [0.05, 0.1) is 139 Å². The molecule has 1 rings (SSSR count). The molecule has 0 fully saturated rings. The lowest BCUT2D eigenvalue weighted by molar-refractivity contribution is -0.114. The maximum absolute atomic E-state index is 11.0. The largest absolute Gasteiger partial charge is 0.491 e. The fourth-order valence-corrected chi connectivity index (χ4v) is 4.24. The van der Waals surface area contributed by atoms with Gasteiger partial charge in [0.1, 0.15) is 12.4 Å². The SMILES string of the molecule is CC(=O)Nc1ccc(OCCOCCOCCOCCOCCOCCOCCOCCOCCOCCOCCO[Si](C)(C)C)cc1. The predicted octanol–water partition coefficient (Wildman–Crippen LogP) is 3.04. The Morgan fingerprint density at radius 2 is 0.729 bits per heavy atom. The highest BCUT2D eigenvalue weighted by Crippen LogP contribution is 2.15. The van der Waals surface area contributed by atoms with Crippen molar-refractivity contribution in [2.75, 3.05) is 151 Å². The molecule has 0 atom stereocenters. The highest BCUT2D eigenvalue weighted by molar-refractivity contribution is 6.69. The highest BCUT2D eigenvalue weighted by Gasteiger charge is 2.13. The maximum Gasteiger partial charge on any atom is 0.221 e. The number of amides is 1. The van der Waals surface area contributed by atoms with Crippen molar-refractivity contribution in [3.8, 4) is 5.75 Å². The monoisotopic (exact) mass is 707 g/mol. The van der Waals surface area contributed by atoms with E-state index in [1.807, 2.05) is 0 Å². The molecule has 1 aromatic rings. The Bertz CT molecular complexity index is 846. The Kier molecular flexibility index (Phi) is 30.0. The van der Waals surface area contributed by atoms with Crippen LogP contribution < -0.4 is 10.1 Å². The molecule has 280 valence electrons. The van der Waals surface area contributed by atoms with Gasteiger partial charge in [-0.1, -0.05) is 0 Å². The second kappa shape index (κ2) is 32.5. The molecular formula is C33H61NO13Si. The summed E-state index contributed by atoms with van der Waals surface area (Å²) < 4.78 is 66.1. The second-order valence-corrected chi connectivity index (χ2v) is 15.7. The Labute approximate surface area is 288 Å². The minimum absolute atomic E-state index is 0.108. The van der Waals surface area contributed by atoms with Gasteiger partial charge in [-0.05, 0) is 43.9 Å². The molecule has 1 aromatic carbocycles. The molecule has 0 heterocycles. The summed E-state index contributed by atoms with van der Waals surface area (Å²) in [4.78, 5) is 11.0. The van der Waals surface area contributed by atoms with Crippen molar-refractivity contribution < 1.29 is 61.3 Å². The molecule has 0 aliphatic carbocycles. The molecule has 48 heavy (non-hydrogen) atoms. The van der Waals surface area contributed by atoms with Crippen molar-refractivity contribution in [2.24, 2.45) is 0 Å². The standard InChI is InChI=1S/C33H61NO13Si/c1-31(35)34-32-5-7-33(8-6-32)46-29-27-44-25-23-42-21-19-40-17-15-38-13-11-36-9-10-37-12-14-39-16-18-41-20-22-43-24-26-45-28-30-47-48(2,3)4/h5-8H,9-30H2,1-4H3,(H,34,35). The van der Waals surface area contributed by atoms with E-state index in [-0.39, 0.29) is 5.91 Å². The van der Waals surface area contributed by atoms with Crippen LogP contribution in [0.3, 0.4) is 0 Å². The van der Waals surface area contributed by atoms with Crippen LogP contribution in [0.2, 0.25) is 19.6 Å². The number of carbonyl (C=O) groups is 1. The first-order valence-corrected chi connectivity index (χ1v) is 20.2. The second-order valence-electron chi connectivity index (χ2n) is 11.1. The molecule has 0 bridgehead atoms. The molecule has 1 N–H and O–H groups in total. The van der Waals surface area contributed by atoms with E-state index >= 15 is 0 Å². The van der Waals surface area contributed by atoms with Crippen molar-refractivity contribution in [1.29, 1.82) is 0 Å². The summed E-state index contributed by atoms with van der Waals surface area (Å²) in [6.07, 6.45) is 0. The summed E-state index contributed by atoms with van der Waals surface area (Å²) in [6, 6.07) is 7.18. The van der Waals surface area contributed by atoms with Crippen LogP contribution in [0.25, 0.3) is 0 Å². The Hall–Kier alpha value is -1.73. The van der Waals surface area contributed by atoms with Crippen LogP contribution in [0, 0.1) is 0 Å². The summed E-state index contributed by atoms with van der Waals surface area (Å²) in [5.74, 6) is 0.610. The van der Waals surface area contributed by atoms with Crippen molar-refractivity contribution in [2.45, 2.75) is 26.6 Å². The zero-order valence-corrected chi connectivity index (χ0v) is 30.7. The first-order chi connectivity index (χ1) is 23.4. The number of hydrogen-bond acceptors (Lipinski definition) is 13. The molecule has 0 spiro atoms. The number of rotatable bonds is 36. The first-order valence-electron chi connectivity index (χ1n) is 16.8. The number of hydrogen-bond donors (Lipinski definition) is 1. The lowest BCUT2D eigenvalue weighted by atomic mass is 10.3. The Morgan fingerprint density at radius 1 is 0.458 bits per heavy atom. The summed E-state index contributed by atoms with van der Waals surface area (Å²) >= 11 is 0. The van der Waals surface area contributed by atoms with Gasteiger partial charge in [-0.3, -0.25) is 4.79 Å². The van der Waals surface area contributed by atoms with Gasteiger partial charge >= 0.3 is 0 Å². The van der Waals surface area contributed by atoms with Crippen molar-refractivity contribution >= 4 is 19.9 Å². The van der Waals surface area contributed by atoms with Gasteiger partial charge in [-0.15, -0.1) is 0 Å². The predicted molar refractivity (Wildman–Crippen MR) is 184 cm³/mol. The summed E-state index contributed by atoms with van der Waals surface area (Å²) in [5, 5.41) is 2.71. The maximum atomic E-state index is 11.0. The topological polar surface area (TPSA) is 140 Å². The van der Waals surface area contributed by atoms with Gasteiger partial charge in [-0.2, -0.15) is 0 Å².